The van der Waals surface area contributed by atoms with Gasteiger partial charge in [-0.15, -0.1) is 0 Å². The molecule has 1 amide bonds. The number of amides is 1. The number of H-pyrrole nitrogens is 2. The summed E-state index contributed by atoms with van der Waals surface area (Å²) in [4.78, 5) is 21.2. The molecule has 8 heteroatoms. The number of nitrogens with zero attached hydrogens (tertiary/aromatic N) is 3. The SMILES string of the molecule is O=C(C(O)C(O)c1nc2ccccc2[nH]1)N1CCc2[nH]ncc2C1. The molecule has 24 heavy (non-hydrogen) atoms. The Hall–Kier alpha value is -2.71. The van der Waals surface area contributed by atoms with E-state index in [1.165, 1.54) is 4.90 Å². The molecule has 2 unspecified atom stereocenters. The fourth-order valence-electron chi connectivity index (χ4n) is 2.99. The van der Waals surface area contributed by atoms with Crippen LogP contribution in [0.5, 0.6) is 0 Å². The van der Waals surface area contributed by atoms with Crippen LogP contribution in [0.3, 0.4) is 0 Å². The third kappa shape index (κ3) is 2.45. The number of benzene rings is 1. The zero-order valence-electron chi connectivity index (χ0n) is 12.8. The summed E-state index contributed by atoms with van der Waals surface area (Å²) in [6.45, 7) is 0.840. The van der Waals surface area contributed by atoms with Crippen LogP contribution >= 0.6 is 0 Å². The van der Waals surface area contributed by atoms with E-state index in [1.807, 2.05) is 18.2 Å². The number of carbonyl (C=O) groups is 1. The van der Waals surface area contributed by atoms with Crippen LogP contribution < -0.4 is 0 Å². The fourth-order valence-corrected chi connectivity index (χ4v) is 2.99. The first kappa shape index (κ1) is 14.9. The molecule has 124 valence electrons. The number of fused-ring (bicyclic) bond motifs is 2. The Morgan fingerprint density at radius 2 is 2.12 bits per heavy atom. The second-order valence-electron chi connectivity index (χ2n) is 5.91. The normalized spacial score (nSPS) is 16.8. The Labute approximate surface area is 137 Å². The second-order valence-corrected chi connectivity index (χ2v) is 5.91. The molecule has 3 aromatic rings. The first-order valence-corrected chi connectivity index (χ1v) is 7.74. The average Bonchev–Trinajstić information content (AvgIpc) is 3.25. The number of rotatable bonds is 3. The molecular formula is C16H17N5O3. The second kappa shape index (κ2) is 5.73. The number of aromatic nitrogens is 4. The lowest BCUT2D eigenvalue weighted by molar-refractivity contribution is -0.147. The summed E-state index contributed by atoms with van der Waals surface area (Å²) in [5, 5.41) is 27.5. The number of aliphatic hydroxyl groups excluding tert-OH is 2. The standard InChI is InChI=1S/C16H17N5O3/c22-13(15-18-11-3-1-2-4-12(11)19-15)14(23)16(24)21-6-5-10-9(8-21)7-17-20-10/h1-4,7,13-14,22-23H,5-6,8H2,(H,17,20)(H,18,19). The van der Waals surface area contributed by atoms with E-state index in [2.05, 4.69) is 20.2 Å². The monoisotopic (exact) mass is 327 g/mol. The van der Waals surface area contributed by atoms with Gasteiger partial charge in [0, 0.05) is 30.8 Å². The number of aromatic amines is 2. The number of aliphatic hydroxyl groups is 2. The van der Waals surface area contributed by atoms with Crippen molar-refractivity contribution in [2.45, 2.75) is 25.2 Å². The molecule has 2 atom stereocenters. The minimum absolute atomic E-state index is 0.179. The Bertz CT molecular complexity index is 854. The van der Waals surface area contributed by atoms with E-state index in [9.17, 15) is 15.0 Å². The lowest BCUT2D eigenvalue weighted by Gasteiger charge is -2.29. The Balaban J connectivity index is 1.52. The number of para-hydroxylation sites is 2. The number of imidazole rings is 1. The maximum absolute atomic E-state index is 12.5. The van der Waals surface area contributed by atoms with Crippen LogP contribution in [0.2, 0.25) is 0 Å². The van der Waals surface area contributed by atoms with Crippen molar-refractivity contribution in [1.29, 1.82) is 0 Å². The summed E-state index contributed by atoms with van der Waals surface area (Å²) < 4.78 is 0. The summed E-state index contributed by atoms with van der Waals surface area (Å²) in [7, 11) is 0. The fraction of sp³-hybridized carbons (Fsp3) is 0.312. The van der Waals surface area contributed by atoms with Crippen LogP contribution in [0.25, 0.3) is 11.0 Å². The van der Waals surface area contributed by atoms with Crippen molar-refractivity contribution in [3.8, 4) is 0 Å². The molecule has 0 radical (unpaired) electrons. The van der Waals surface area contributed by atoms with Crippen molar-refractivity contribution in [3.63, 3.8) is 0 Å². The van der Waals surface area contributed by atoms with Crippen LogP contribution in [-0.4, -0.2) is 53.8 Å². The summed E-state index contributed by atoms with van der Waals surface area (Å²) in [6, 6.07) is 7.28. The van der Waals surface area contributed by atoms with Crippen LogP contribution in [0.1, 0.15) is 23.2 Å². The van der Waals surface area contributed by atoms with E-state index in [0.29, 0.717) is 25.0 Å². The zero-order chi connectivity index (χ0) is 16.7. The molecule has 2 aromatic heterocycles. The van der Waals surface area contributed by atoms with Gasteiger partial charge in [0.2, 0.25) is 0 Å². The molecule has 0 spiro atoms. The predicted molar refractivity (Wildman–Crippen MR) is 84.8 cm³/mol. The largest absolute Gasteiger partial charge is 0.382 e. The van der Waals surface area contributed by atoms with E-state index in [0.717, 1.165) is 16.8 Å². The van der Waals surface area contributed by atoms with Gasteiger partial charge in [-0.1, -0.05) is 12.1 Å². The lowest BCUT2D eigenvalue weighted by Crippen LogP contribution is -2.44. The lowest BCUT2D eigenvalue weighted by atomic mass is 10.1. The van der Waals surface area contributed by atoms with Crippen LogP contribution in [0, 0.1) is 0 Å². The Morgan fingerprint density at radius 1 is 1.29 bits per heavy atom. The molecule has 0 saturated heterocycles. The summed E-state index contributed by atoms with van der Waals surface area (Å²) in [6.07, 6.45) is -0.652. The van der Waals surface area contributed by atoms with Crippen molar-refractivity contribution in [2.75, 3.05) is 6.54 Å². The molecule has 0 fully saturated rings. The van der Waals surface area contributed by atoms with Gasteiger partial charge in [-0.3, -0.25) is 9.89 Å². The van der Waals surface area contributed by atoms with Gasteiger partial charge in [0.25, 0.3) is 5.91 Å². The van der Waals surface area contributed by atoms with E-state index in [-0.39, 0.29) is 5.82 Å². The first-order valence-electron chi connectivity index (χ1n) is 7.74. The van der Waals surface area contributed by atoms with Crippen molar-refractivity contribution in [1.82, 2.24) is 25.1 Å². The molecule has 1 aliphatic rings. The van der Waals surface area contributed by atoms with Crippen molar-refractivity contribution in [2.24, 2.45) is 0 Å². The maximum atomic E-state index is 12.5. The predicted octanol–water partition coefficient (Wildman–Crippen LogP) is 0.265. The zero-order valence-corrected chi connectivity index (χ0v) is 12.8. The third-order valence-corrected chi connectivity index (χ3v) is 4.35. The van der Waals surface area contributed by atoms with E-state index >= 15 is 0 Å². The van der Waals surface area contributed by atoms with Gasteiger partial charge in [-0.05, 0) is 12.1 Å². The molecule has 0 saturated carbocycles. The summed E-state index contributed by atoms with van der Waals surface area (Å²) >= 11 is 0. The van der Waals surface area contributed by atoms with Gasteiger partial charge in [0.05, 0.1) is 17.2 Å². The molecule has 3 heterocycles. The van der Waals surface area contributed by atoms with Crippen molar-refractivity contribution in [3.05, 3.63) is 47.5 Å². The van der Waals surface area contributed by atoms with E-state index < -0.39 is 18.1 Å². The quantitative estimate of drug-likeness (QED) is 0.550. The smallest absolute Gasteiger partial charge is 0.254 e. The molecule has 4 rings (SSSR count). The van der Waals surface area contributed by atoms with Crippen LogP contribution in [0.15, 0.2) is 30.5 Å². The topological polar surface area (TPSA) is 118 Å². The number of hydrogen-bond donors (Lipinski definition) is 4. The highest BCUT2D eigenvalue weighted by molar-refractivity contribution is 5.82. The summed E-state index contributed by atoms with van der Waals surface area (Å²) in [5.74, 6) is -0.340. The highest BCUT2D eigenvalue weighted by atomic mass is 16.3. The van der Waals surface area contributed by atoms with Crippen LogP contribution in [0.4, 0.5) is 0 Å². The Kier molecular flexibility index (Phi) is 3.55. The molecule has 0 aliphatic carbocycles. The average molecular weight is 327 g/mol. The molecule has 4 N–H and O–H groups in total. The minimum atomic E-state index is -1.57. The molecule has 8 nitrogen and oxygen atoms in total. The van der Waals surface area contributed by atoms with Gasteiger partial charge in [-0.25, -0.2) is 4.98 Å². The molecule has 1 aliphatic heterocycles. The summed E-state index contributed by atoms with van der Waals surface area (Å²) in [5.41, 5.74) is 3.35. The van der Waals surface area contributed by atoms with E-state index in [4.69, 9.17) is 0 Å². The highest BCUT2D eigenvalue weighted by Gasteiger charge is 2.33. The van der Waals surface area contributed by atoms with Gasteiger partial charge < -0.3 is 20.1 Å². The number of carbonyl (C=O) groups excluding carboxylic acids is 1. The number of nitrogens with one attached hydrogen (secondary N) is 2. The van der Waals surface area contributed by atoms with Gasteiger partial charge >= 0.3 is 0 Å². The van der Waals surface area contributed by atoms with Crippen molar-refractivity contribution < 1.29 is 15.0 Å². The molecular weight excluding hydrogens is 310 g/mol. The molecule has 1 aromatic carbocycles. The Morgan fingerprint density at radius 3 is 2.96 bits per heavy atom. The van der Waals surface area contributed by atoms with Gasteiger partial charge in [-0.2, -0.15) is 5.10 Å². The number of hydrogen-bond acceptors (Lipinski definition) is 5. The minimum Gasteiger partial charge on any atom is -0.382 e. The van der Waals surface area contributed by atoms with Crippen molar-refractivity contribution >= 4 is 16.9 Å². The highest BCUT2D eigenvalue weighted by Crippen LogP contribution is 2.22. The van der Waals surface area contributed by atoms with Crippen LogP contribution in [-0.2, 0) is 17.8 Å². The molecule has 0 bridgehead atoms. The van der Waals surface area contributed by atoms with Gasteiger partial charge in [0.1, 0.15) is 11.9 Å². The third-order valence-electron chi connectivity index (χ3n) is 4.35. The van der Waals surface area contributed by atoms with E-state index in [1.54, 1.807) is 12.3 Å². The maximum Gasteiger partial charge on any atom is 0.254 e. The van der Waals surface area contributed by atoms with Gasteiger partial charge in [0.15, 0.2) is 6.10 Å². The first-order chi connectivity index (χ1) is 11.6.